The number of aromatic nitrogens is 2. The van der Waals surface area contributed by atoms with Crippen LogP contribution in [-0.4, -0.2) is 46.8 Å². The molecule has 2 heterocycles. The number of carboxylic acid groups (broad SMARTS) is 1. The van der Waals surface area contributed by atoms with Crippen LogP contribution < -0.4 is 4.90 Å². The maximum absolute atomic E-state index is 10.7. The van der Waals surface area contributed by atoms with Crippen molar-refractivity contribution in [3.8, 4) is 0 Å². The van der Waals surface area contributed by atoms with Crippen molar-refractivity contribution < 1.29 is 14.6 Å². The van der Waals surface area contributed by atoms with Gasteiger partial charge in [-0.05, 0) is 0 Å². The van der Waals surface area contributed by atoms with Crippen LogP contribution in [0.5, 0.6) is 0 Å². The highest BCUT2D eigenvalue weighted by molar-refractivity contribution is 5.73. The van der Waals surface area contributed by atoms with Crippen LogP contribution in [0.3, 0.4) is 0 Å². The molecule has 1 aromatic heterocycles. The molecule has 1 atom stereocenters. The van der Waals surface area contributed by atoms with Crippen LogP contribution in [0.15, 0.2) is 18.7 Å². The van der Waals surface area contributed by atoms with Crippen molar-refractivity contribution in [3.05, 3.63) is 18.7 Å². The number of anilines is 1. The van der Waals surface area contributed by atoms with Crippen LogP contribution in [-0.2, 0) is 9.53 Å². The minimum absolute atomic E-state index is 0.336. The second kappa shape index (κ2) is 4.22. The minimum Gasteiger partial charge on any atom is -0.479 e. The summed E-state index contributed by atoms with van der Waals surface area (Å²) in [5.41, 5.74) is 0.826. The fourth-order valence-corrected chi connectivity index (χ4v) is 1.49. The molecule has 1 saturated heterocycles. The Labute approximate surface area is 86.5 Å². The Balaban J connectivity index is 2.08. The van der Waals surface area contributed by atoms with Gasteiger partial charge >= 0.3 is 5.97 Å². The van der Waals surface area contributed by atoms with Crippen molar-refractivity contribution >= 4 is 11.7 Å². The summed E-state index contributed by atoms with van der Waals surface area (Å²) in [6.07, 6.45) is 4.01. The Bertz CT molecular complexity index is 344. The van der Waals surface area contributed by atoms with E-state index in [1.807, 2.05) is 4.90 Å². The van der Waals surface area contributed by atoms with Crippen molar-refractivity contribution in [2.45, 2.75) is 6.10 Å². The maximum Gasteiger partial charge on any atom is 0.334 e. The minimum atomic E-state index is -0.934. The molecule has 15 heavy (non-hydrogen) atoms. The van der Waals surface area contributed by atoms with Crippen LogP contribution in [0.2, 0.25) is 0 Å². The monoisotopic (exact) mass is 209 g/mol. The molecule has 0 aromatic carbocycles. The van der Waals surface area contributed by atoms with Gasteiger partial charge in [-0.3, -0.25) is 0 Å². The third kappa shape index (κ3) is 2.21. The van der Waals surface area contributed by atoms with Crippen molar-refractivity contribution in [2.75, 3.05) is 24.6 Å². The molecule has 1 aliphatic heterocycles. The molecule has 1 fully saturated rings. The van der Waals surface area contributed by atoms with Gasteiger partial charge in [0.2, 0.25) is 0 Å². The van der Waals surface area contributed by atoms with E-state index in [4.69, 9.17) is 9.84 Å². The van der Waals surface area contributed by atoms with Gasteiger partial charge in [-0.25, -0.2) is 14.8 Å². The SMILES string of the molecule is O=C(O)[C@H]1CN(c2cncnc2)CCO1. The summed E-state index contributed by atoms with van der Waals surface area (Å²) in [5.74, 6) is -0.934. The predicted octanol–water partition coefficient (Wildman–Crippen LogP) is -0.234. The Morgan fingerprint density at radius 1 is 1.53 bits per heavy atom. The highest BCUT2D eigenvalue weighted by Gasteiger charge is 2.26. The molecule has 0 aliphatic carbocycles. The zero-order valence-corrected chi connectivity index (χ0v) is 8.04. The van der Waals surface area contributed by atoms with Gasteiger partial charge in [0, 0.05) is 6.54 Å². The molecule has 0 unspecified atom stereocenters. The van der Waals surface area contributed by atoms with Crippen molar-refractivity contribution in [1.29, 1.82) is 0 Å². The smallest absolute Gasteiger partial charge is 0.334 e. The van der Waals surface area contributed by atoms with Gasteiger partial charge in [0.05, 0.1) is 31.2 Å². The molecule has 0 saturated carbocycles. The number of carbonyl (C=O) groups is 1. The lowest BCUT2D eigenvalue weighted by Crippen LogP contribution is -2.46. The topological polar surface area (TPSA) is 75.5 Å². The van der Waals surface area contributed by atoms with E-state index in [-0.39, 0.29) is 0 Å². The fourth-order valence-electron chi connectivity index (χ4n) is 1.49. The van der Waals surface area contributed by atoms with Gasteiger partial charge in [0.25, 0.3) is 0 Å². The molecule has 0 bridgehead atoms. The normalized spacial score (nSPS) is 21.3. The molecule has 1 N–H and O–H groups in total. The average Bonchev–Trinajstić information content (AvgIpc) is 2.30. The van der Waals surface area contributed by atoms with E-state index < -0.39 is 12.1 Å². The third-order valence-electron chi connectivity index (χ3n) is 2.25. The Hall–Kier alpha value is -1.69. The summed E-state index contributed by atoms with van der Waals surface area (Å²) >= 11 is 0. The fraction of sp³-hybridized carbons (Fsp3) is 0.444. The summed E-state index contributed by atoms with van der Waals surface area (Å²) in [6.45, 7) is 1.41. The standard InChI is InChI=1S/C9H11N3O3/c13-9(14)8-5-12(1-2-15-8)7-3-10-6-11-4-7/h3-4,6,8H,1-2,5H2,(H,13,14)/t8-/m1/s1. The molecule has 6 heteroatoms. The highest BCUT2D eigenvalue weighted by Crippen LogP contribution is 2.14. The van der Waals surface area contributed by atoms with E-state index in [1.54, 1.807) is 12.4 Å². The lowest BCUT2D eigenvalue weighted by atomic mass is 10.2. The number of rotatable bonds is 2. The average molecular weight is 209 g/mol. The number of hydrogen-bond donors (Lipinski definition) is 1. The van der Waals surface area contributed by atoms with Gasteiger partial charge in [0.15, 0.2) is 6.10 Å². The van der Waals surface area contributed by atoms with Crippen LogP contribution in [0, 0.1) is 0 Å². The zero-order chi connectivity index (χ0) is 10.7. The maximum atomic E-state index is 10.7. The molecule has 1 aromatic rings. The summed E-state index contributed by atoms with van der Waals surface area (Å²) in [7, 11) is 0. The molecule has 0 amide bonds. The van der Waals surface area contributed by atoms with Crippen LogP contribution >= 0.6 is 0 Å². The van der Waals surface area contributed by atoms with Crippen molar-refractivity contribution in [2.24, 2.45) is 0 Å². The van der Waals surface area contributed by atoms with E-state index in [1.165, 1.54) is 6.33 Å². The third-order valence-corrected chi connectivity index (χ3v) is 2.25. The molecule has 2 rings (SSSR count). The summed E-state index contributed by atoms with van der Waals surface area (Å²) < 4.78 is 5.11. The number of morpholine rings is 1. The van der Waals surface area contributed by atoms with E-state index in [0.717, 1.165) is 5.69 Å². The summed E-state index contributed by atoms with van der Waals surface area (Å²) in [5, 5.41) is 8.82. The first kappa shape index (κ1) is 9.85. The van der Waals surface area contributed by atoms with E-state index in [2.05, 4.69) is 9.97 Å². The largest absolute Gasteiger partial charge is 0.479 e. The molecular formula is C9H11N3O3. The van der Waals surface area contributed by atoms with E-state index in [0.29, 0.717) is 19.7 Å². The first-order chi connectivity index (χ1) is 7.27. The van der Waals surface area contributed by atoms with E-state index in [9.17, 15) is 4.79 Å². The number of hydrogen-bond acceptors (Lipinski definition) is 5. The summed E-state index contributed by atoms with van der Waals surface area (Å²) in [4.78, 5) is 20.4. The second-order valence-corrected chi connectivity index (χ2v) is 3.24. The van der Waals surface area contributed by atoms with Gasteiger partial charge in [0.1, 0.15) is 6.33 Å². The number of nitrogens with zero attached hydrogens (tertiary/aromatic N) is 3. The quantitative estimate of drug-likeness (QED) is 0.724. The molecule has 1 aliphatic rings. The molecule has 6 nitrogen and oxygen atoms in total. The predicted molar refractivity (Wildman–Crippen MR) is 51.6 cm³/mol. The van der Waals surface area contributed by atoms with Gasteiger partial charge in [-0.1, -0.05) is 0 Å². The van der Waals surface area contributed by atoms with E-state index >= 15 is 0 Å². The Morgan fingerprint density at radius 2 is 2.27 bits per heavy atom. The first-order valence-electron chi connectivity index (χ1n) is 4.62. The highest BCUT2D eigenvalue weighted by atomic mass is 16.5. The first-order valence-corrected chi connectivity index (χ1v) is 4.62. The van der Waals surface area contributed by atoms with Crippen LogP contribution in [0.25, 0.3) is 0 Å². The Morgan fingerprint density at radius 3 is 2.93 bits per heavy atom. The second-order valence-electron chi connectivity index (χ2n) is 3.24. The van der Waals surface area contributed by atoms with Gasteiger partial charge < -0.3 is 14.7 Å². The molecule has 0 spiro atoms. The van der Waals surface area contributed by atoms with Gasteiger partial charge in [-0.15, -0.1) is 0 Å². The van der Waals surface area contributed by atoms with Crippen molar-refractivity contribution in [1.82, 2.24) is 9.97 Å². The lowest BCUT2D eigenvalue weighted by molar-refractivity contribution is -0.150. The van der Waals surface area contributed by atoms with Crippen molar-refractivity contribution in [3.63, 3.8) is 0 Å². The summed E-state index contributed by atoms with van der Waals surface area (Å²) in [6, 6.07) is 0. The lowest BCUT2D eigenvalue weighted by Gasteiger charge is -2.31. The molecule has 0 radical (unpaired) electrons. The van der Waals surface area contributed by atoms with Gasteiger partial charge in [-0.2, -0.15) is 0 Å². The van der Waals surface area contributed by atoms with Crippen LogP contribution in [0.4, 0.5) is 5.69 Å². The number of ether oxygens (including phenoxy) is 1. The number of carboxylic acids is 1. The number of aliphatic carboxylic acids is 1. The molecule has 80 valence electrons. The zero-order valence-electron chi connectivity index (χ0n) is 8.04. The molecular weight excluding hydrogens is 198 g/mol. The Kier molecular flexibility index (Phi) is 2.77. The van der Waals surface area contributed by atoms with Crippen LogP contribution in [0.1, 0.15) is 0 Å².